The average molecular weight is 675 g/mol. The Morgan fingerprint density at radius 3 is 2.29 bits per heavy atom. The first-order valence-corrected chi connectivity index (χ1v) is 17.4. The number of piperidine rings is 1. The number of amides is 2. The SMILES string of the molecule is COc1cc(N2CCC(CN3CCN(C(=O)O)CC3)CC2)c(F)cc1[C@@H]1N(c2cccc(F)c2OCc2ccccc2)C(=O)C12CCCC2. The van der Waals surface area contributed by atoms with Gasteiger partial charge < -0.3 is 24.4 Å². The first-order valence-electron chi connectivity index (χ1n) is 17.4. The van der Waals surface area contributed by atoms with Gasteiger partial charge in [0.05, 0.1) is 29.9 Å². The Hall–Kier alpha value is -4.38. The van der Waals surface area contributed by atoms with E-state index in [4.69, 9.17) is 9.47 Å². The van der Waals surface area contributed by atoms with Crippen LogP contribution in [0.15, 0.2) is 60.7 Å². The molecule has 0 aromatic heterocycles. The largest absolute Gasteiger partial charge is 0.496 e. The number of benzene rings is 3. The molecule has 2 amide bonds. The summed E-state index contributed by atoms with van der Waals surface area (Å²) in [6.07, 6.45) is 4.08. The lowest BCUT2D eigenvalue weighted by molar-refractivity contribution is -0.139. The summed E-state index contributed by atoms with van der Waals surface area (Å²) in [5, 5.41) is 9.24. The molecule has 0 unspecified atom stereocenters. The average Bonchev–Trinajstić information content (AvgIpc) is 3.64. The molecule has 1 aliphatic carbocycles. The van der Waals surface area contributed by atoms with Crippen LogP contribution >= 0.6 is 0 Å². The van der Waals surface area contributed by atoms with Gasteiger partial charge in [-0.1, -0.05) is 49.2 Å². The lowest BCUT2D eigenvalue weighted by Crippen LogP contribution is -2.62. The molecule has 0 bridgehead atoms. The second-order valence-electron chi connectivity index (χ2n) is 13.8. The topological polar surface area (TPSA) is 85.8 Å². The molecule has 1 saturated carbocycles. The molecule has 3 aliphatic heterocycles. The molecule has 1 atom stereocenters. The van der Waals surface area contributed by atoms with Gasteiger partial charge in [0.15, 0.2) is 11.6 Å². The van der Waals surface area contributed by atoms with Crippen molar-refractivity contribution in [2.75, 3.05) is 62.7 Å². The maximum atomic E-state index is 16.3. The zero-order valence-electron chi connectivity index (χ0n) is 28.0. The molecule has 3 aromatic carbocycles. The van der Waals surface area contributed by atoms with Gasteiger partial charge in [-0.05, 0) is 55.4 Å². The van der Waals surface area contributed by atoms with E-state index < -0.39 is 23.4 Å². The fourth-order valence-electron chi connectivity index (χ4n) is 8.43. The van der Waals surface area contributed by atoms with Crippen LogP contribution in [0.1, 0.15) is 55.7 Å². The highest BCUT2D eigenvalue weighted by molar-refractivity contribution is 6.07. The standard InChI is InChI=1S/C38H44F2N4O5/c1-48-33-23-32(42-16-12-26(13-17-42)24-41-18-20-43(21-19-41)37(46)47)30(40)22-28(33)35-38(14-5-6-15-38)36(45)44(35)31-11-7-10-29(39)34(31)49-25-27-8-3-2-4-9-27/h2-4,7-11,22-23,26,35H,5-6,12-21,24-25H2,1H3,(H,46,47)/t35-/m0/s1. The number of rotatable bonds is 9. The molecule has 260 valence electrons. The Kier molecular flexibility index (Phi) is 9.37. The number of hydrogen-bond acceptors (Lipinski definition) is 6. The summed E-state index contributed by atoms with van der Waals surface area (Å²) in [6, 6.07) is 16.8. The number of halogens is 2. The highest BCUT2D eigenvalue weighted by Gasteiger charge is 2.63. The summed E-state index contributed by atoms with van der Waals surface area (Å²) in [5.41, 5.74) is 1.56. The van der Waals surface area contributed by atoms with E-state index in [1.165, 1.54) is 17.0 Å². The fourth-order valence-corrected chi connectivity index (χ4v) is 8.43. The molecule has 1 N–H and O–H groups in total. The van der Waals surface area contributed by atoms with E-state index in [2.05, 4.69) is 9.80 Å². The van der Waals surface area contributed by atoms with Crippen LogP contribution in [0, 0.1) is 23.0 Å². The maximum absolute atomic E-state index is 16.3. The number of para-hydroxylation sites is 1. The van der Waals surface area contributed by atoms with Crippen molar-refractivity contribution >= 4 is 23.4 Å². The van der Waals surface area contributed by atoms with E-state index in [1.807, 2.05) is 30.3 Å². The van der Waals surface area contributed by atoms with Gasteiger partial charge in [-0.3, -0.25) is 14.6 Å². The molecule has 49 heavy (non-hydrogen) atoms. The molecule has 7 rings (SSSR count). The molecule has 1 spiro atoms. The number of methoxy groups -OCH3 is 1. The number of piperazine rings is 1. The first-order chi connectivity index (χ1) is 23.8. The number of carboxylic acid groups (broad SMARTS) is 1. The smallest absolute Gasteiger partial charge is 0.407 e. The zero-order valence-corrected chi connectivity index (χ0v) is 28.0. The van der Waals surface area contributed by atoms with Gasteiger partial charge >= 0.3 is 6.09 Å². The third kappa shape index (κ3) is 6.29. The van der Waals surface area contributed by atoms with Crippen molar-refractivity contribution in [1.29, 1.82) is 0 Å². The van der Waals surface area contributed by atoms with Gasteiger partial charge in [-0.25, -0.2) is 13.6 Å². The van der Waals surface area contributed by atoms with Crippen molar-refractivity contribution in [3.8, 4) is 11.5 Å². The van der Waals surface area contributed by atoms with Crippen LogP contribution in [0.2, 0.25) is 0 Å². The van der Waals surface area contributed by atoms with Crippen LogP contribution < -0.4 is 19.3 Å². The second kappa shape index (κ2) is 13.9. The van der Waals surface area contributed by atoms with E-state index >= 15 is 8.78 Å². The Morgan fingerprint density at radius 1 is 0.898 bits per heavy atom. The van der Waals surface area contributed by atoms with Gasteiger partial charge in [-0.2, -0.15) is 0 Å². The van der Waals surface area contributed by atoms with Crippen molar-refractivity contribution < 1.29 is 33.0 Å². The number of β-lactam (4-membered cyclic amide) rings is 1. The molecule has 4 fully saturated rings. The third-order valence-corrected chi connectivity index (χ3v) is 11.1. The number of ether oxygens (including phenoxy) is 2. The van der Waals surface area contributed by atoms with E-state index in [1.54, 1.807) is 30.2 Å². The van der Waals surface area contributed by atoms with Gasteiger partial charge in [-0.15, -0.1) is 0 Å². The summed E-state index contributed by atoms with van der Waals surface area (Å²) in [6.45, 7) is 4.96. The van der Waals surface area contributed by atoms with Crippen LogP contribution in [-0.2, 0) is 11.4 Å². The second-order valence-corrected chi connectivity index (χ2v) is 13.8. The molecule has 4 aliphatic rings. The lowest BCUT2D eigenvalue weighted by atomic mass is 9.66. The quantitative estimate of drug-likeness (QED) is 0.253. The molecule has 3 heterocycles. The number of carbonyl (C=O) groups excluding carboxylic acids is 1. The Labute approximate surface area is 286 Å². The van der Waals surface area contributed by atoms with Gasteiger partial charge in [0, 0.05) is 57.4 Å². The molecule has 3 aromatic rings. The summed E-state index contributed by atoms with van der Waals surface area (Å²) >= 11 is 0. The molecule has 9 nitrogen and oxygen atoms in total. The normalized spacial score (nSPS) is 21.2. The third-order valence-electron chi connectivity index (χ3n) is 11.1. The lowest BCUT2D eigenvalue weighted by Gasteiger charge is -2.55. The van der Waals surface area contributed by atoms with E-state index in [0.29, 0.717) is 67.6 Å². The number of nitrogens with zero attached hydrogens (tertiary/aromatic N) is 4. The minimum Gasteiger partial charge on any atom is -0.496 e. The van der Waals surface area contributed by atoms with Crippen molar-refractivity contribution in [2.45, 2.75) is 51.2 Å². The zero-order chi connectivity index (χ0) is 34.1. The maximum Gasteiger partial charge on any atom is 0.407 e. The highest BCUT2D eigenvalue weighted by Crippen LogP contribution is 2.63. The van der Waals surface area contributed by atoms with E-state index in [0.717, 1.165) is 50.9 Å². The number of carbonyl (C=O) groups is 2. The summed E-state index contributed by atoms with van der Waals surface area (Å²) < 4.78 is 43.6. The van der Waals surface area contributed by atoms with E-state index in [-0.39, 0.29) is 24.1 Å². The van der Waals surface area contributed by atoms with Crippen LogP contribution in [-0.4, -0.2) is 79.8 Å². The van der Waals surface area contributed by atoms with Crippen LogP contribution in [0.4, 0.5) is 25.0 Å². The Bertz CT molecular complexity index is 1670. The molecular weight excluding hydrogens is 630 g/mol. The van der Waals surface area contributed by atoms with Crippen LogP contribution in [0.25, 0.3) is 0 Å². The monoisotopic (exact) mass is 674 g/mol. The fraction of sp³-hybridized carbons (Fsp3) is 0.474. The summed E-state index contributed by atoms with van der Waals surface area (Å²) in [4.78, 5) is 32.8. The first kappa shape index (κ1) is 33.1. The predicted molar refractivity (Wildman–Crippen MR) is 182 cm³/mol. The van der Waals surface area contributed by atoms with Crippen molar-refractivity contribution in [2.24, 2.45) is 11.3 Å². The molecular formula is C38H44F2N4O5. The van der Waals surface area contributed by atoms with Gasteiger partial charge in [0.1, 0.15) is 18.2 Å². The van der Waals surface area contributed by atoms with E-state index in [9.17, 15) is 14.7 Å². The number of hydrogen-bond donors (Lipinski definition) is 1. The van der Waals surface area contributed by atoms with Crippen molar-refractivity contribution in [3.63, 3.8) is 0 Å². The summed E-state index contributed by atoms with van der Waals surface area (Å²) in [7, 11) is 1.57. The number of anilines is 2. The Balaban J connectivity index is 1.12. The van der Waals surface area contributed by atoms with Gasteiger partial charge in [0.25, 0.3) is 0 Å². The molecule has 0 radical (unpaired) electrons. The minimum absolute atomic E-state index is 0.000227. The summed E-state index contributed by atoms with van der Waals surface area (Å²) in [5.74, 6) is -0.0635. The Morgan fingerprint density at radius 2 is 1.61 bits per heavy atom. The van der Waals surface area contributed by atoms with Crippen LogP contribution in [0.3, 0.4) is 0 Å². The predicted octanol–water partition coefficient (Wildman–Crippen LogP) is 6.71. The minimum atomic E-state index is -0.863. The molecule has 3 saturated heterocycles. The highest BCUT2D eigenvalue weighted by atomic mass is 19.1. The van der Waals surface area contributed by atoms with Crippen LogP contribution in [0.5, 0.6) is 11.5 Å². The molecule has 11 heteroatoms. The van der Waals surface area contributed by atoms with Gasteiger partial charge in [0.2, 0.25) is 5.91 Å². The van der Waals surface area contributed by atoms with Crippen molar-refractivity contribution in [1.82, 2.24) is 9.80 Å². The van der Waals surface area contributed by atoms with Crippen molar-refractivity contribution in [3.05, 3.63) is 83.4 Å².